The van der Waals surface area contributed by atoms with E-state index in [0.717, 1.165) is 23.9 Å². The van der Waals surface area contributed by atoms with Gasteiger partial charge in [-0.2, -0.15) is 0 Å². The van der Waals surface area contributed by atoms with E-state index in [4.69, 9.17) is 14.2 Å². The monoisotopic (exact) mass is 508 g/mol. The number of hydrogen-bond donors (Lipinski definition) is 3. The maximum atomic E-state index is 12.6. The third-order valence-corrected chi connectivity index (χ3v) is 7.19. The second-order valence-corrected chi connectivity index (χ2v) is 9.40. The molecule has 1 unspecified atom stereocenters. The number of carbonyl (C=O) groups is 1. The van der Waals surface area contributed by atoms with Gasteiger partial charge in [0, 0.05) is 31.3 Å². The first-order valence-electron chi connectivity index (χ1n) is 12.3. The zero-order valence-electron chi connectivity index (χ0n) is 20.3. The predicted octanol–water partition coefficient (Wildman–Crippen LogP) is 0.823. The molecule has 5 heterocycles. The summed E-state index contributed by atoms with van der Waals surface area (Å²) in [5.74, 6) is 1.71. The third kappa shape index (κ3) is 4.47. The van der Waals surface area contributed by atoms with Crippen molar-refractivity contribution in [1.29, 1.82) is 0 Å². The quantitative estimate of drug-likeness (QED) is 0.438. The molecule has 3 aliphatic rings. The first kappa shape index (κ1) is 23.6. The second-order valence-electron chi connectivity index (χ2n) is 9.40. The summed E-state index contributed by atoms with van der Waals surface area (Å²) < 4.78 is 18.3. The number of pyridine rings is 3. The van der Waals surface area contributed by atoms with Gasteiger partial charge in [0.25, 0.3) is 11.5 Å². The van der Waals surface area contributed by atoms with Gasteiger partial charge >= 0.3 is 0 Å². The molecule has 12 heteroatoms. The first-order chi connectivity index (χ1) is 18.0. The number of aliphatic hydroxyl groups excluding tert-OH is 1. The van der Waals surface area contributed by atoms with Crippen LogP contribution in [0.25, 0.3) is 11.0 Å². The molecular weight excluding hydrogens is 480 g/mol. The molecule has 194 valence electrons. The molecule has 37 heavy (non-hydrogen) atoms. The Morgan fingerprint density at radius 2 is 2.14 bits per heavy atom. The van der Waals surface area contributed by atoms with E-state index in [1.165, 1.54) is 6.07 Å². The van der Waals surface area contributed by atoms with E-state index in [9.17, 15) is 14.7 Å². The molecule has 1 aliphatic carbocycles. The fraction of sp³-hybridized carbons (Fsp3) is 0.440. The van der Waals surface area contributed by atoms with Crippen LogP contribution < -0.4 is 30.6 Å². The highest BCUT2D eigenvalue weighted by Crippen LogP contribution is 2.38. The number of rotatable bonds is 6. The van der Waals surface area contributed by atoms with Crippen molar-refractivity contribution in [1.82, 2.24) is 19.9 Å². The molecule has 4 atom stereocenters. The molecule has 0 aromatic carbocycles. The van der Waals surface area contributed by atoms with Gasteiger partial charge in [-0.15, -0.1) is 0 Å². The first-order valence-corrected chi connectivity index (χ1v) is 12.3. The highest BCUT2D eigenvalue weighted by Gasteiger charge is 2.45. The van der Waals surface area contributed by atoms with E-state index in [1.807, 2.05) is 6.07 Å². The van der Waals surface area contributed by atoms with Crippen molar-refractivity contribution in [2.24, 2.45) is 0 Å². The van der Waals surface area contributed by atoms with Crippen LogP contribution in [-0.2, 0) is 16.1 Å². The van der Waals surface area contributed by atoms with E-state index < -0.39 is 6.41 Å². The zero-order valence-corrected chi connectivity index (χ0v) is 20.3. The zero-order chi connectivity index (χ0) is 25.5. The minimum atomic E-state index is -1.13. The SMILES string of the molecule is COc1cnc2ccc(=O)n(CCN[C@H]3CC[C@H]4[C@H](C3)OC(O)N4c3ccc4c(n3)NC(=O)CO4)c2c1. The molecule has 3 N–H and O–H groups in total. The lowest BCUT2D eigenvalue weighted by Crippen LogP contribution is -2.47. The van der Waals surface area contributed by atoms with Crippen molar-refractivity contribution in [2.75, 3.05) is 30.5 Å². The largest absolute Gasteiger partial charge is 0.495 e. The van der Waals surface area contributed by atoms with Crippen molar-refractivity contribution in [3.63, 3.8) is 0 Å². The molecule has 1 amide bonds. The fourth-order valence-corrected chi connectivity index (χ4v) is 5.40. The molecule has 0 spiro atoms. The number of methoxy groups -OCH3 is 1. The topological polar surface area (TPSA) is 140 Å². The molecule has 12 nitrogen and oxygen atoms in total. The molecule has 0 bridgehead atoms. The van der Waals surface area contributed by atoms with Gasteiger partial charge in [0.1, 0.15) is 11.6 Å². The maximum Gasteiger partial charge on any atom is 0.263 e. The molecule has 1 saturated heterocycles. The summed E-state index contributed by atoms with van der Waals surface area (Å²) in [6, 6.07) is 8.71. The Morgan fingerprint density at radius 3 is 3.00 bits per heavy atom. The van der Waals surface area contributed by atoms with Crippen LogP contribution in [0.1, 0.15) is 19.3 Å². The molecule has 3 aromatic rings. The summed E-state index contributed by atoms with van der Waals surface area (Å²) in [5.41, 5.74) is 1.37. The van der Waals surface area contributed by atoms with Gasteiger partial charge in [-0.05, 0) is 37.5 Å². The number of nitrogens with one attached hydrogen (secondary N) is 2. The van der Waals surface area contributed by atoms with Crippen molar-refractivity contribution in [2.45, 2.75) is 50.4 Å². The lowest BCUT2D eigenvalue weighted by Gasteiger charge is -2.35. The maximum absolute atomic E-state index is 12.6. The standard InChI is InChI=1S/C25H28N6O6/c1-35-15-11-18-16(27-12-15)3-7-23(33)30(18)9-8-26-14-2-4-17-20(10-14)37-25(34)31(17)21-6-5-19-24(28-21)29-22(32)13-36-19/h3,5-7,11-12,14,17,20,25-26,34H,2,4,8-10,13H2,1H3,(H,28,29,32)/t14-,17-,20-,25?/m0/s1. The van der Waals surface area contributed by atoms with Crippen LogP contribution in [0.4, 0.5) is 11.6 Å². The number of amides is 1. The van der Waals surface area contributed by atoms with E-state index in [2.05, 4.69) is 20.6 Å². The molecular formula is C25H28N6O6. The van der Waals surface area contributed by atoms with Crippen LogP contribution >= 0.6 is 0 Å². The summed E-state index contributed by atoms with van der Waals surface area (Å²) in [6.07, 6.45) is 2.70. The minimum Gasteiger partial charge on any atom is -0.495 e. The van der Waals surface area contributed by atoms with Crippen molar-refractivity contribution in [3.05, 3.63) is 46.9 Å². The summed E-state index contributed by atoms with van der Waals surface area (Å²) in [4.78, 5) is 34.9. The summed E-state index contributed by atoms with van der Waals surface area (Å²) >= 11 is 0. The van der Waals surface area contributed by atoms with Crippen molar-refractivity contribution >= 4 is 28.6 Å². The van der Waals surface area contributed by atoms with Gasteiger partial charge in [0.15, 0.2) is 18.2 Å². The summed E-state index contributed by atoms with van der Waals surface area (Å²) in [5, 5.41) is 16.9. The Morgan fingerprint density at radius 1 is 1.24 bits per heavy atom. The van der Waals surface area contributed by atoms with E-state index in [-0.39, 0.29) is 36.3 Å². The number of nitrogens with zero attached hydrogens (tertiary/aromatic N) is 4. The molecule has 3 aromatic heterocycles. The number of carbonyl (C=O) groups excluding carboxylic acids is 1. The second kappa shape index (κ2) is 9.61. The number of anilines is 2. The van der Waals surface area contributed by atoms with E-state index in [0.29, 0.717) is 42.6 Å². The van der Waals surface area contributed by atoms with Gasteiger partial charge in [0.2, 0.25) is 6.41 Å². The average molecular weight is 509 g/mol. The average Bonchev–Trinajstić information content (AvgIpc) is 3.24. The summed E-state index contributed by atoms with van der Waals surface area (Å²) in [6.45, 7) is 1.04. The Kier molecular flexibility index (Phi) is 6.14. The number of ether oxygens (including phenoxy) is 3. The number of hydrogen-bond acceptors (Lipinski definition) is 10. The third-order valence-electron chi connectivity index (χ3n) is 7.19. The van der Waals surface area contributed by atoms with Crippen LogP contribution in [0, 0.1) is 0 Å². The van der Waals surface area contributed by atoms with Gasteiger partial charge in [-0.1, -0.05) is 0 Å². The lowest BCUT2D eigenvalue weighted by molar-refractivity contribution is -0.118. The van der Waals surface area contributed by atoms with E-state index >= 15 is 0 Å². The Balaban J connectivity index is 1.10. The lowest BCUT2D eigenvalue weighted by atomic mass is 9.88. The molecule has 0 radical (unpaired) electrons. The van der Waals surface area contributed by atoms with Crippen LogP contribution in [-0.4, -0.2) is 70.4 Å². The molecule has 6 rings (SSSR count). The van der Waals surface area contributed by atoms with Crippen molar-refractivity contribution < 1.29 is 24.1 Å². The fourth-order valence-electron chi connectivity index (χ4n) is 5.40. The Bertz CT molecular complexity index is 1400. The Labute approximate surface area is 212 Å². The summed E-state index contributed by atoms with van der Waals surface area (Å²) in [7, 11) is 1.57. The highest BCUT2D eigenvalue weighted by molar-refractivity contribution is 5.94. The van der Waals surface area contributed by atoms with Gasteiger partial charge < -0.3 is 39.4 Å². The van der Waals surface area contributed by atoms with Crippen LogP contribution in [0.3, 0.4) is 0 Å². The number of aromatic nitrogens is 3. The molecule has 2 fully saturated rings. The van der Waals surface area contributed by atoms with Gasteiger partial charge in [-0.25, -0.2) is 4.98 Å². The normalized spacial score (nSPS) is 24.8. The van der Waals surface area contributed by atoms with E-state index in [1.54, 1.807) is 41.0 Å². The molecule has 1 saturated carbocycles. The van der Waals surface area contributed by atoms with Crippen molar-refractivity contribution in [3.8, 4) is 11.5 Å². The van der Waals surface area contributed by atoms with Crippen LogP contribution in [0.2, 0.25) is 0 Å². The van der Waals surface area contributed by atoms with Gasteiger partial charge in [-0.3, -0.25) is 14.6 Å². The number of aliphatic hydroxyl groups is 1. The highest BCUT2D eigenvalue weighted by atomic mass is 16.6. The van der Waals surface area contributed by atoms with Crippen LogP contribution in [0.5, 0.6) is 11.5 Å². The van der Waals surface area contributed by atoms with Gasteiger partial charge in [0.05, 0.1) is 36.5 Å². The number of fused-ring (bicyclic) bond motifs is 3. The smallest absolute Gasteiger partial charge is 0.263 e. The molecule has 2 aliphatic heterocycles. The minimum absolute atomic E-state index is 0.0389. The Hall–Kier alpha value is -3.74. The predicted molar refractivity (Wildman–Crippen MR) is 134 cm³/mol. The van der Waals surface area contributed by atoms with Crippen LogP contribution in [0.15, 0.2) is 41.3 Å².